The molecule has 3 atom stereocenters. The molecule has 0 heterocycles. The van der Waals surface area contributed by atoms with Crippen molar-refractivity contribution in [1.82, 2.24) is 0 Å². The van der Waals surface area contributed by atoms with Crippen molar-refractivity contribution < 1.29 is 0 Å². The molecule has 0 aliphatic carbocycles. The molecule has 0 aromatic rings. The normalized spacial score (nSPS) is 18.6. The Labute approximate surface area is 97.8 Å². The van der Waals surface area contributed by atoms with Crippen LogP contribution < -0.4 is 0 Å². The monoisotopic (exact) mass is 212 g/mol. The Kier molecular flexibility index (Phi) is 6.55. The van der Waals surface area contributed by atoms with E-state index in [9.17, 15) is 0 Å². The summed E-state index contributed by atoms with van der Waals surface area (Å²) in [4.78, 5) is 0. The molecule has 0 heteroatoms. The third-order valence-electron chi connectivity index (χ3n) is 4.72. The molecule has 92 valence electrons. The van der Waals surface area contributed by atoms with Gasteiger partial charge in [-0.25, -0.2) is 0 Å². The van der Waals surface area contributed by atoms with E-state index < -0.39 is 0 Å². The highest BCUT2D eigenvalue weighted by atomic mass is 14.4. The van der Waals surface area contributed by atoms with Crippen LogP contribution in [0.2, 0.25) is 0 Å². The molecule has 0 fully saturated rings. The van der Waals surface area contributed by atoms with E-state index in [4.69, 9.17) is 0 Å². The van der Waals surface area contributed by atoms with Gasteiger partial charge in [-0.1, -0.05) is 74.1 Å². The summed E-state index contributed by atoms with van der Waals surface area (Å²) in [6, 6.07) is 0. The maximum Gasteiger partial charge on any atom is -0.0326 e. The summed E-state index contributed by atoms with van der Waals surface area (Å²) in [6.07, 6.45) is 5.31. The Hall–Kier alpha value is 0. The molecule has 0 amide bonds. The molecule has 3 unspecified atom stereocenters. The fourth-order valence-electron chi connectivity index (χ4n) is 3.08. The van der Waals surface area contributed by atoms with Crippen molar-refractivity contribution in [3.05, 3.63) is 0 Å². The van der Waals surface area contributed by atoms with Crippen molar-refractivity contribution in [1.29, 1.82) is 0 Å². The summed E-state index contributed by atoms with van der Waals surface area (Å²) in [7, 11) is 0. The van der Waals surface area contributed by atoms with Gasteiger partial charge in [-0.15, -0.1) is 0 Å². The van der Waals surface area contributed by atoms with Gasteiger partial charge in [0.05, 0.1) is 0 Å². The molecule has 0 aromatic carbocycles. The van der Waals surface area contributed by atoms with Gasteiger partial charge in [0, 0.05) is 0 Å². The predicted octanol–water partition coefficient (Wildman–Crippen LogP) is 5.52. The number of rotatable bonds is 7. The molecule has 0 aromatic heterocycles. The minimum absolute atomic E-state index is 0.513. The number of hydrogen-bond donors (Lipinski definition) is 0. The summed E-state index contributed by atoms with van der Waals surface area (Å²) in [5.41, 5.74) is 0.513. The van der Waals surface area contributed by atoms with Gasteiger partial charge in [-0.05, 0) is 23.2 Å². The van der Waals surface area contributed by atoms with Crippen LogP contribution in [0.5, 0.6) is 0 Å². The zero-order chi connectivity index (χ0) is 12.1. The molecule has 0 bridgehead atoms. The Morgan fingerprint density at radius 1 is 0.867 bits per heavy atom. The van der Waals surface area contributed by atoms with Gasteiger partial charge in [0.25, 0.3) is 0 Å². The van der Waals surface area contributed by atoms with Crippen molar-refractivity contribution in [2.24, 2.45) is 23.2 Å². The van der Waals surface area contributed by atoms with E-state index in [1.54, 1.807) is 0 Å². The van der Waals surface area contributed by atoms with Gasteiger partial charge in [-0.3, -0.25) is 0 Å². The highest BCUT2D eigenvalue weighted by Crippen LogP contribution is 2.42. The van der Waals surface area contributed by atoms with Crippen LogP contribution in [0.15, 0.2) is 0 Å². The Bertz CT molecular complexity index is 157. The Balaban J connectivity index is 4.75. The van der Waals surface area contributed by atoms with Gasteiger partial charge in [0.15, 0.2) is 0 Å². The smallest absolute Gasteiger partial charge is 0.0326 e. The summed E-state index contributed by atoms with van der Waals surface area (Å²) in [5, 5.41) is 0. The first-order valence-corrected chi connectivity index (χ1v) is 6.94. The van der Waals surface area contributed by atoms with Crippen molar-refractivity contribution >= 4 is 0 Å². The summed E-state index contributed by atoms with van der Waals surface area (Å²) >= 11 is 0. The van der Waals surface area contributed by atoms with Crippen LogP contribution in [0.3, 0.4) is 0 Å². The van der Waals surface area contributed by atoms with Crippen LogP contribution in [-0.2, 0) is 0 Å². The van der Waals surface area contributed by atoms with E-state index in [1.807, 2.05) is 0 Å². The number of hydrogen-bond acceptors (Lipinski definition) is 0. The van der Waals surface area contributed by atoms with Gasteiger partial charge >= 0.3 is 0 Å². The van der Waals surface area contributed by atoms with Gasteiger partial charge < -0.3 is 0 Å². The van der Waals surface area contributed by atoms with E-state index in [-0.39, 0.29) is 0 Å². The molecule has 15 heavy (non-hydrogen) atoms. The maximum atomic E-state index is 2.45. The van der Waals surface area contributed by atoms with Crippen LogP contribution in [-0.4, -0.2) is 0 Å². The molecule has 0 saturated carbocycles. The molecule has 0 spiro atoms. The molecule has 0 rings (SSSR count). The first-order chi connectivity index (χ1) is 6.94. The Morgan fingerprint density at radius 2 is 1.40 bits per heavy atom. The second kappa shape index (κ2) is 6.55. The van der Waals surface area contributed by atoms with E-state index >= 15 is 0 Å². The van der Waals surface area contributed by atoms with Gasteiger partial charge in [0.1, 0.15) is 0 Å². The first-order valence-electron chi connectivity index (χ1n) is 6.94. The third kappa shape index (κ3) is 3.81. The summed E-state index contributed by atoms with van der Waals surface area (Å²) < 4.78 is 0. The molecular formula is C15H32. The standard InChI is InChI=1S/C15H32/c1-8-12(5)13(9-2)14(10-3)15(6,7)11-4/h12-14H,8-11H2,1-7H3. The highest BCUT2D eigenvalue weighted by Gasteiger charge is 2.34. The topological polar surface area (TPSA) is 0 Å². The zero-order valence-electron chi connectivity index (χ0n) is 12.1. The lowest BCUT2D eigenvalue weighted by atomic mass is 9.64. The molecule has 0 aliphatic rings. The van der Waals surface area contributed by atoms with Gasteiger partial charge in [-0.2, -0.15) is 0 Å². The van der Waals surface area contributed by atoms with Crippen LogP contribution in [0.1, 0.15) is 74.1 Å². The lowest BCUT2D eigenvalue weighted by Crippen LogP contribution is -2.32. The maximum absolute atomic E-state index is 2.45. The zero-order valence-corrected chi connectivity index (χ0v) is 12.1. The average Bonchev–Trinajstić information content (AvgIpc) is 2.24. The molecule has 0 nitrogen and oxygen atoms in total. The van der Waals surface area contributed by atoms with Crippen molar-refractivity contribution in [3.8, 4) is 0 Å². The summed E-state index contributed by atoms with van der Waals surface area (Å²) in [5.74, 6) is 2.68. The van der Waals surface area contributed by atoms with E-state index in [0.29, 0.717) is 5.41 Å². The predicted molar refractivity (Wildman–Crippen MR) is 71.1 cm³/mol. The average molecular weight is 212 g/mol. The second-order valence-corrected chi connectivity index (χ2v) is 5.81. The van der Waals surface area contributed by atoms with Crippen LogP contribution in [0.25, 0.3) is 0 Å². The quantitative estimate of drug-likeness (QED) is 0.521. The molecular weight excluding hydrogens is 180 g/mol. The molecule has 0 saturated heterocycles. The van der Waals surface area contributed by atoms with Crippen LogP contribution >= 0.6 is 0 Å². The second-order valence-electron chi connectivity index (χ2n) is 5.81. The molecule has 0 N–H and O–H groups in total. The lowest BCUT2D eigenvalue weighted by Gasteiger charge is -2.41. The fourth-order valence-corrected chi connectivity index (χ4v) is 3.08. The van der Waals surface area contributed by atoms with E-state index in [2.05, 4.69) is 48.5 Å². The highest BCUT2D eigenvalue weighted by molar-refractivity contribution is 4.83. The third-order valence-corrected chi connectivity index (χ3v) is 4.72. The van der Waals surface area contributed by atoms with Crippen LogP contribution in [0, 0.1) is 23.2 Å². The van der Waals surface area contributed by atoms with E-state index in [0.717, 1.165) is 17.8 Å². The Morgan fingerprint density at radius 3 is 1.67 bits per heavy atom. The van der Waals surface area contributed by atoms with E-state index in [1.165, 1.54) is 25.7 Å². The minimum Gasteiger partial charge on any atom is -0.0651 e. The SMILES string of the molecule is CCC(C)C(CC)C(CC)C(C)(C)CC. The summed E-state index contributed by atoms with van der Waals surface area (Å²) in [6.45, 7) is 16.7. The molecule has 0 radical (unpaired) electrons. The molecule has 0 aliphatic heterocycles. The minimum atomic E-state index is 0.513. The van der Waals surface area contributed by atoms with Crippen molar-refractivity contribution in [2.45, 2.75) is 74.1 Å². The van der Waals surface area contributed by atoms with Gasteiger partial charge in [0.2, 0.25) is 0 Å². The largest absolute Gasteiger partial charge is 0.0651 e. The van der Waals surface area contributed by atoms with Crippen LogP contribution in [0.4, 0.5) is 0 Å². The fraction of sp³-hybridized carbons (Fsp3) is 1.00. The first kappa shape index (κ1) is 15.0. The van der Waals surface area contributed by atoms with Crippen molar-refractivity contribution in [3.63, 3.8) is 0 Å². The lowest BCUT2D eigenvalue weighted by molar-refractivity contribution is 0.0871. The van der Waals surface area contributed by atoms with Crippen molar-refractivity contribution in [2.75, 3.05) is 0 Å².